The molecule has 0 heterocycles. The number of hydrogen-bond acceptors (Lipinski definition) is 1. The summed E-state index contributed by atoms with van der Waals surface area (Å²) in [4.78, 5) is 0. The van der Waals surface area contributed by atoms with Crippen LogP contribution in [0.2, 0.25) is 0 Å². The van der Waals surface area contributed by atoms with Crippen LogP contribution in [-0.2, 0) is 4.74 Å². The maximum Gasteiger partial charge on any atom is 0.0570 e. The zero-order valence-corrected chi connectivity index (χ0v) is 11.6. The van der Waals surface area contributed by atoms with Gasteiger partial charge in [0, 0.05) is 11.8 Å². The molecule has 0 aliphatic rings. The van der Waals surface area contributed by atoms with E-state index in [0.29, 0.717) is 13.2 Å². The molecule has 0 spiro atoms. The van der Waals surface area contributed by atoms with Gasteiger partial charge in [-0.15, -0.1) is 0 Å². The summed E-state index contributed by atoms with van der Waals surface area (Å²) in [7, 11) is 0. The Bertz CT molecular complexity index is 418. The topological polar surface area (TPSA) is 9.23 Å². The van der Waals surface area contributed by atoms with Gasteiger partial charge >= 0.3 is 0 Å². The van der Waals surface area contributed by atoms with Gasteiger partial charge in [0.1, 0.15) is 0 Å². The van der Waals surface area contributed by atoms with Crippen LogP contribution in [0.15, 0.2) is 60.7 Å². The van der Waals surface area contributed by atoms with Gasteiger partial charge in [-0.1, -0.05) is 74.5 Å². The molecule has 1 heteroatoms. The first-order valence-electron chi connectivity index (χ1n) is 6.61. The van der Waals surface area contributed by atoms with Crippen molar-refractivity contribution in [2.45, 2.75) is 13.8 Å². The van der Waals surface area contributed by atoms with Crippen LogP contribution in [0.25, 0.3) is 0 Å². The molecule has 2 rings (SSSR count). The van der Waals surface area contributed by atoms with E-state index in [4.69, 9.17) is 4.74 Å². The fraction of sp³-hybridized carbons (Fsp3) is 0.222. The van der Waals surface area contributed by atoms with E-state index >= 15 is 0 Å². The molecule has 1 nitrogen and oxygen atoms in total. The molecule has 98 valence electrons. The average Bonchev–Trinajstić information content (AvgIpc) is 2.49. The van der Waals surface area contributed by atoms with Crippen LogP contribution in [0.4, 0.5) is 0 Å². The van der Waals surface area contributed by atoms with E-state index in [1.54, 1.807) is 0 Å². The highest BCUT2D eigenvalue weighted by Crippen LogP contribution is 2.17. The van der Waals surface area contributed by atoms with E-state index in [9.17, 15) is 0 Å². The van der Waals surface area contributed by atoms with Crippen LogP contribution < -0.4 is 0 Å². The fourth-order valence-electron chi connectivity index (χ4n) is 1.97. The average molecular weight is 252 g/mol. The highest BCUT2D eigenvalue weighted by Gasteiger charge is 2.09. The number of ether oxygens (including phenoxy) is 1. The van der Waals surface area contributed by atoms with Crippen molar-refractivity contribution in [3.63, 3.8) is 0 Å². The Morgan fingerprint density at radius 1 is 0.684 bits per heavy atom. The van der Waals surface area contributed by atoms with Gasteiger partial charge in [0.2, 0.25) is 0 Å². The third-order valence-electron chi connectivity index (χ3n) is 3.17. The zero-order chi connectivity index (χ0) is 13.5. The maximum absolute atomic E-state index is 5.79. The van der Waals surface area contributed by atoms with Gasteiger partial charge in [-0.05, 0) is 11.1 Å². The van der Waals surface area contributed by atoms with E-state index in [2.05, 4.69) is 62.4 Å². The Morgan fingerprint density at radius 2 is 1.05 bits per heavy atom. The molecule has 0 fully saturated rings. The lowest BCUT2D eigenvalue weighted by molar-refractivity contribution is 0.160. The molecule has 0 unspecified atom stereocenters. The van der Waals surface area contributed by atoms with Gasteiger partial charge in [0.25, 0.3) is 0 Å². The minimum absolute atomic E-state index is 0.675. The Morgan fingerprint density at radius 3 is 1.42 bits per heavy atom. The summed E-state index contributed by atoms with van der Waals surface area (Å²) in [6, 6.07) is 20.8. The van der Waals surface area contributed by atoms with Gasteiger partial charge in [-0.25, -0.2) is 0 Å². The maximum atomic E-state index is 5.79. The Kier molecular flexibility index (Phi) is 5.17. The molecular weight excluding hydrogens is 232 g/mol. The highest BCUT2D eigenvalue weighted by molar-refractivity contribution is 5.30. The van der Waals surface area contributed by atoms with Crippen molar-refractivity contribution < 1.29 is 4.74 Å². The molecule has 0 aromatic heterocycles. The summed E-state index contributed by atoms with van der Waals surface area (Å²) in [5.41, 5.74) is 2.50. The van der Waals surface area contributed by atoms with Crippen LogP contribution in [0.3, 0.4) is 0 Å². The van der Waals surface area contributed by atoms with Crippen molar-refractivity contribution in [2.75, 3.05) is 13.2 Å². The van der Waals surface area contributed by atoms with Crippen LogP contribution >= 0.6 is 0 Å². The predicted octanol–water partition coefficient (Wildman–Crippen LogP) is 4.29. The Labute approximate surface area is 116 Å². The molecule has 2 aromatic rings. The highest BCUT2D eigenvalue weighted by atomic mass is 16.5. The quantitative estimate of drug-likeness (QED) is 0.745. The Balaban J connectivity index is 1.78. The summed E-state index contributed by atoms with van der Waals surface area (Å²) in [5.74, 6) is 2.53. The van der Waals surface area contributed by atoms with E-state index in [1.807, 2.05) is 12.1 Å². The predicted molar refractivity (Wildman–Crippen MR) is 79.7 cm³/mol. The molecule has 0 saturated carbocycles. The van der Waals surface area contributed by atoms with Crippen LogP contribution in [-0.4, -0.2) is 13.2 Å². The standard InChI is InChI=1S/C18H20O/c1-15(17-9-5-3-6-10-17)13-19-14-16(2)18-11-7-4-8-12-18/h3-12H,13-14H2,1-2H3. The molecule has 0 bridgehead atoms. The first-order chi connectivity index (χ1) is 9.27. The molecule has 0 saturated heterocycles. The van der Waals surface area contributed by atoms with E-state index < -0.39 is 0 Å². The SMILES string of the molecule is C[C](COC[C](C)c1ccccc1)c1ccccc1. The molecule has 0 amide bonds. The first kappa shape index (κ1) is 13.8. The third-order valence-corrected chi connectivity index (χ3v) is 3.17. The molecule has 0 aliphatic heterocycles. The van der Waals surface area contributed by atoms with Crippen molar-refractivity contribution in [3.8, 4) is 0 Å². The van der Waals surface area contributed by atoms with Gasteiger partial charge in [-0.3, -0.25) is 0 Å². The van der Waals surface area contributed by atoms with Gasteiger partial charge in [0.15, 0.2) is 0 Å². The van der Waals surface area contributed by atoms with Gasteiger partial charge in [-0.2, -0.15) is 0 Å². The van der Waals surface area contributed by atoms with E-state index in [1.165, 1.54) is 23.0 Å². The Hall–Kier alpha value is -1.60. The summed E-state index contributed by atoms with van der Waals surface area (Å²) < 4.78 is 5.79. The molecule has 0 N–H and O–H groups in total. The molecule has 19 heavy (non-hydrogen) atoms. The number of rotatable bonds is 6. The van der Waals surface area contributed by atoms with E-state index in [0.717, 1.165) is 0 Å². The van der Waals surface area contributed by atoms with Crippen molar-refractivity contribution in [1.82, 2.24) is 0 Å². The number of benzene rings is 2. The van der Waals surface area contributed by atoms with Crippen LogP contribution in [0, 0.1) is 11.8 Å². The van der Waals surface area contributed by atoms with Crippen molar-refractivity contribution >= 4 is 0 Å². The lowest BCUT2D eigenvalue weighted by atomic mass is 10.0. The monoisotopic (exact) mass is 252 g/mol. The lowest BCUT2D eigenvalue weighted by Gasteiger charge is -2.15. The summed E-state index contributed by atoms with van der Waals surface area (Å²) in [5, 5.41) is 0. The lowest BCUT2D eigenvalue weighted by Crippen LogP contribution is -2.10. The second-order valence-electron chi connectivity index (χ2n) is 4.79. The molecule has 2 radical (unpaired) electrons. The van der Waals surface area contributed by atoms with Crippen molar-refractivity contribution in [2.24, 2.45) is 0 Å². The van der Waals surface area contributed by atoms with Crippen molar-refractivity contribution in [3.05, 3.63) is 83.6 Å². The van der Waals surface area contributed by atoms with E-state index in [-0.39, 0.29) is 0 Å². The largest absolute Gasteiger partial charge is 0.380 e. The summed E-state index contributed by atoms with van der Waals surface area (Å²) in [6.45, 7) is 5.59. The molecule has 2 aromatic carbocycles. The van der Waals surface area contributed by atoms with Crippen LogP contribution in [0.5, 0.6) is 0 Å². The van der Waals surface area contributed by atoms with Crippen molar-refractivity contribution in [1.29, 1.82) is 0 Å². The third kappa shape index (κ3) is 4.22. The van der Waals surface area contributed by atoms with Crippen LogP contribution in [0.1, 0.15) is 25.0 Å². The molecule has 0 aliphatic carbocycles. The fourth-order valence-corrected chi connectivity index (χ4v) is 1.97. The minimum Gasteiger partial charge on any atom is -0.380 e. The smallest absolute Gasteiger partial charge is 0.0570 e. The summed E-state index contributed by atoms with van der Waals surface area (Å²) in [6.07, 6.45) is 0. The first-order valence-corrected chi connectivity index (χ1v) is 6.61. The van der Waals surface area contributed by atoms with Gasteiger partial charge < -0.3 is 4.74 Å². The molecular formula is C18H20O. The molecule has 0 atom stereocenters. The zero-order valence-electron chi connectivity index (χ0n) is 11.6. The second kappa shape index (κ2) is 7.10. The second-order valence-corrected chi connectivity index (χ2v) is 4.79. The normalized spacial score (nSPS) is 11.2. The number of hydrogen-bond donors (Lipinski definition) is 0. The minimum atomic E-state index is 0.675. The van der Waals surface area contributed by atoms with Gasteiger partial charge in [0.05, 0.1) is 13.2 Å². The summed E-state index contributed by atoms with van der Waals surface area (Å²) >= 11 is 0.